The van der Waals surface area contributed by atoms with Gasteiger partial charge in [-0.25, -0.2) is 9.78 Å². The number of aromatic carboxylic acids is 1. The van der Waals surface area contributed by atoms with Gasteiger partial charge in [-0.15, -0.1) is 0 Å². The number of carbonyl (C=O) groups is 1. The third kappa shape index (κ3) is 2.88. The summed E-state index contributed by atoms with van der Waals surface area (Å²) in [5.74, 6) is -1.26. The molecule has 2 aromatic heterocycles. The molecule has 0 bridgehead atoms. The first-order valence-electron chi connectivity index (χ1n) is 5.57. The van der Waals surface area contributed by atoms with E-state index in [-0.39, 0.29) is 23.6 Å². The van der Waals surface area contributed by atoms with Crippen molar-refractivity contribution in [2.24, 2.45) is 7.05 Å². The van der Waals surface area contributed by atoms with Gasteiger partial charge in [0, 0.05) is 25.5 Å². The Morgan fingerprint density at radius 3 is 2.90 bits per heavy atom. The summed E-state index contributed by atoms with van der Waals surface area (Å²) in [6.07, 6.45) is 2.81. The highest BCUT2D eigenvalue weighted by atomic mass is 16.6. The summed E-state index contributed by atoms with van der Waals surface area (Å²) >= 11 is 0. The number of nitro groups is 1. The number of rotatable bonds is 5. The van der Waals surface area contributed by atoms with E-state index in [2.05, 4.69) is 15.4 Å². The van der Waals surface area contributed by atoms with Crippen LogP contribution < -0.4 is 5.32 Å². The van der Waals surface area contributed by atoms with E-state index < -0.39 is 10.9 Å². The number of pyridine rings is 1. The average Bonchev–Trinajstić information content (AvgIpc) is 2.81. The van der Waals surface area contributed by atoms with Crippen LogP contribution in [0.5, 0.6) is 0 Å². The summed E-state index contributed by atoms with van der Waals surface area (Å²) < 4.78 is 1.60. The number of nitrogens with zero attached hydrogens (tertiary/aromatic N) is 4. The summed E-state index contributed by atoms with van der Waals surface area (Å²) in [5.41, 5.74) is 0.0619. The second-order valence-corrected chi connectivity index (χ2v) is 3.99. The zero-order chi connectivity index (χ0) is 14.7. The van der Waals surface area contributed by atoms with Crippen molar-refractivity contribution in [2.75, 3.05) is 5.32 Å². The first-order valence-corrected chi connectivity index (χ1v) is 5.57. The Morgan fingerprint density at radius 1 is 1.60 bits per heavy atom. The zero-order valence-corrected chi connectivity index (χ0v) is 10.5. The van der Waals surface area contributed by atoms with E-state index in [4.69, 9.17) is 5.11 Å². The van der Waals surface area contributed by atoms with Gasteiger partial charge in [-0.3, -0.25) is 14.8 Å². The fraction of sp³-hybridized carbons (Fsp3) is 0.182. The van der Waals surface area contributed by atoms with Crippen molar-refractivity contribution in [3.05, 3.63) is 45.9 Å². The van der Waals surface area contributed by atoms with Crippen LogP contribution in [0.25, 0.3) is 0 Å². The van der Waals surface area contributed by atoms with Gasteiger partial charge in [0.15, 0.2) is 0 Å². The van der Waals surface area contributed by atoms with Crippen LogP contribution in [0, 0.1) is 10.1 Å². The maximum absolute atomic E-state index is 10.9. The predicted octanol–water partition coefficient (Wildman–Crippen LogP) is 1.03. The largest absolute Gasteiger partial charge is 0.478 e. The fourth-order valence-electron chi connectivity index (χ4n) is 1.58. The number of carboxylic acids is 1. The van der Waals surface area contributed by atoms with Crippen LogP contribution >= 0.6 is 0 Å². The molecule has 0 radical (unpaired) electrons. The second-order valence-electron chi connectivity index (χ2n) is 3.99. The number of aromatic nitrogens is 3. The molecule has 0 saturated heterocycles. The lowest BCUT2D eigenvalue weighted by Gasteiger charge is -2.05. The molecule has 2 aromatic rings. The summed E-state index contributed by atoms with van der Waals surface area (Å²) in [5, 5.41) is 26.6. The molecule has 20 heavy (non-hydrogen) atoms. The first-order chi connectivity index (χ1) is 9.47. The molecular weight excluding hydrogens is 266 g/mol. The van der Waals surface area contributed by atoms with Gasteiger partial charge >= 0.3 is 11.7 Å². The van der Waals surface area contributed by atoms with Gasteiger partial charge in [-0.05, 0) is 6.07 Å². The van der Waals surface area contributed by atoms with Crippen molar-refractivity contribution in [3.8, 4) is 0 Å². The molecule has 0 aliphatic rings. The Hall–Kier alpha value is -2.97. The van der Waals surface area contributed by atoms with E-state index in [9.17, 15) is 14.9 Å². The van der Waals surface area contributed by atoms with Crippen molar-refractivity contribution in [1.29, 1.82) is 0 Å². The molecule has 0 amide bonds. The minimum absolute atomic E-state index is 0.00523. The zero-order valence-electron chi connectivity index (χ0n) is 10.5. The molecule has 9 nitrogen and oxygen atoms in total. The molecule has 0 aromatic carbocycles. The SMILES string of the molecule is Cn1ccc(CNc2ncc(C(=O)O)cc2[N+](=O)[O-])n1. The monoisotopic (exact) mass is 277 g/mol. The van der Waals surface area contributed by atoms with Gasteiger partial charge in [0.25, 0.3) is 0 Å². The van der Waals surface area contributed by atoms with Crippen molar-refractivity contribution in [3.63, 3.8) is 0 Å². The normalized spacial score (nSPS) is 10.2. The van der Waals surface area contributed by atoms with Gasteiger partial charge in [0.2, 0.25) is 5.82 Å². The standard InChI is InChI=1S/C11H11N5O4/c1-15-3-2-8(14-15)6-13-10-9(16(19)20)4-7(5-12-10)11(17)18/h2-5H,6H2,1H3,(H,12,13)(H,17,18). The Bertz CT molecular complexity index is 667. The quantitative estimate of drug-likeness (QED) is 0.618. The van der Waals surface area contributed by atoms with Crippen LogP contribution in [0.15, 0.2) is 24.5 Å². The van der Waals surface area contributed by atoms with Gasteiger partial charge < -0.3 is 10.4 Å². The van der Waals surface area contributed by atoms with Crippen molar-refractivity contribution < 1.29 is 14.8 Å². The Labute approximate surface area is 113 Å². The molecule has 0 saturated carbocycles. The van der Waals surface area contributed by atoms with Crippen LogP contribution in [-0.4, -0.2) is 30.8 Å². The lowest BCUT2D eigenvalue weighted by molar-refractivity contribution is -0.384. The van der Waals surface area contributed by atoms with Crippen LogP contribution in [0.3, 0.4) is 0 Å². The van der Waals surface area contributed by atoms with Crippen LogP contribution in [-0.2, 0) is 13.6 Å². The summed E-state index contributed by atoms with van der Waals surface area (Å²) in [6, 6.07) is 2.72. The lowest BCUT2D eigenvalue weighted by atomic mass is 10.2. The molecule has 0 spiro atoms. The van der Waals surface area contributed by atoms with Gasteiger partial charge in [0.05, 0.1) is 22.7 Å². The fourth-order valence-corrected chi connectivity index (χ4v) is 1.58. The minimum atomic E-state index is -1.27. The van der Waals surface area contributed by atoms with E-state index in [1.54, 1.807) is 24.0 Å². The average molecular weight is 277 g/mol. The lowest BCUT2D eigenvalue weighted by Crippen LogP contribution is -2.07. The second kappa shape index (κ2) is 5.34. The van der Waals surface area contributed by atoms with Crippen LogP contribution in [0.1, 0.15) is 16.1 Å². The van der Waals surface area contributed by atoms with E-state index in [1.807, 2.05) is 0 Å². The number of carboxylic acid groups (broad SMARTS) is 1. The van der Waals surface area contributed by atoms with E-state index in [0.29, 0.717) is 5.69 Å². The molecule has 9 heteroatoms. The first kappa shape index (κ1) is 13.5. The number of hydrogen-bond donors (Lipinski definition) is 2. The van der Waals surface area contributed by atoms with Gasteiger partial charge in [-0.2, -0.15) is 5.10 Å². The number of nitrogens with one attached hydrogen (secondary N) is 1. The number of hydrogen-bond acceptors (Lipinski definition) is 6. The maximum Gasteiger partial charge on any atom is 0.337 e. The maximum atomic E-state index is 10.9. The minimum Gasteiger partial charge on any atom is -0.478 e. The Morgan fingerprint density at radius 2 is 2.35 bits per heavy atom. The molecule has 104 valence electrons. The van der Waals surface area contributed by atoms with E-state index in [0.717, 1.165) is 12.3 Å². The third-order valence-electron chi connectivity index (χ3n) is 2.52. The molecule has 2 N–H and O–H groups in total. The topological polar surface area (TPSA) is 123 Å². The van der Waals surface area contributed by atoms with Crippen LogP contribution in [0.2, 0.25) is 0 Å². The van der Waals surface area contributed by atoms with Crippen molar-refractivity contribution in [2.45, 2.75) is 6.54 Å². The molecule has 0 unspecified atom stereocenters. The third-order valence-corrected chi connectivity index (χ3v) is 2.52. The molecule has 0 fully saturated rings. The highest BCUT2D eigenvalue weighted by Gasteiger charge is 2.18. The van der Waals surface area contributed by atoms with E-state index in [1.165, 1.54) is 0 Å². The molecule has 0 atom stereocenters. The van der Waals surface area contributed by atoms with Crippen molar-refractivity contribution in [1.82, 2.24) is 14.8 Å². The molecule has 0 aliphatic carbocycles. The van der Waals surface area contributed by atoms with Crippen molar-refractivity contribution >= 4 is 17.5 Å². The molecular formula is C11H11N5O4. The summed E-state index contributed by atoms with van der Waals surface area (Å²) in [4.78, 5) is 24.8. The predicted molar refractivity (Wildman–Crippen MR) is 68.4 cm³/mol. The highest BCUT2D eigenvalue weighted by Crippen LogP contribution is 2.23. The molecule has 2 heterocycles. The molecule has 0 aliphatic heterocycles. The van der Waals surface area contributed by atoms with E-state index >= 15 is 0 Å². The number of aryl methyl sites for hydroxylation is 1. The molecule has 2 rings (SSSR count). The smallest absolute Gasteiger partial charge is 0.337 e. The number of anilines is 1. The Kier molecular flexibility index (Phi) is 3.60. The van der Waals surface area contributed by atoms with Gasteiger partial charge in [0.1, 0.15) is 0 Å². The van der Waals surface area contributed by atoms with Crippen LogP contribution in [0.4, 0.5) is 11.5 Å². The summed E-state index contributed by atoms with van der Waals surface area (Å²) in [6.45, 7) is 0.251. The highest BCUT2D eigenvalue weighted by molar-refractivity contribution is 5.88. The Balaban J connectivity index is 2.22. The van der Waals surface area contributed by atoms with Gasteiger partial charge in [-0.1, -0.05) is 0 Å². The summed E-state index contributed by atoms with van der Waals surface area (Å²) in [7, 11) is 1.76.